The van der Waals surface area contributed by atoms with E-state index in [0.717, 1.165) is 26.2 Å². The maximum atomic E-state index is 6.11. The highest BCUT2D eigenvalue weighted by atomic mass is 16.5. The van der Waals surface area contributed by atoms with Gasteiger partial charge in [-0.1, -0.05) is 60.7 Å². The first-order valence-corrected chi connectivity index (χ1v) is 8.28. The van der Waals surface area contributed by atoms with Crippen LogP contribution < -0.4 is 0 Å². The molecule has 1 heterocycles. The average molecular weight is 311 g/mol. The van der Waals surface area contributed by atoms with Crippen LogP contribution in [-0.2, 0) is 16.0 Å². The lowest BCUT2D eigenvalue weighted by Crippen LogP contribution is -2.32. The van der Waals surface area contributed by atoms with E-state index in [1.807, 2.05) is 0 Å². The molecule has 1 aliphatic heterocycles. The van der Waals surface area contributed by atoms with E-state index < -0.39 is 0 Å². The molecule has 23 heavy (non-hydrogen) atoms. The Morgan fingerprint density at radius 2 is 1.74 bits per heavy atom. The van der Waals surface area contributed by atoms with Crippen molar-refractivity contribution in [2.45, 2.75) is 18.6 Å². The molecule has 0 N–H and O–H groups in total. The Hall–Kier alpha value is -1.68. The summed E-state index contributed by atoms with van der Waals surface area (Å²) in [7, 11) is 1.75. The van der Waals surface area contributed by atoms with Crippen LogP contribution in [0.25, 0.3) is 0 Å². The van der Waals surface area contributed by atoms with Crippen molar-refractivity contribution in [2.75, 3.05) is 33.4 Å². The van der Waals surface area contributed by atoms with Gasteiger partial charge in [0.25, 0.3) is 0 Å². The van der Waals surface area contributed by atoms with Crippen LogP contribution in [0, 0.1) is 0 Å². The average Bonchev–Trinajstić information content (AvgIpc) is 2.79. The summed E-state index contributed by atoms with van der Waals surface area (Å²) >= 11 is 0. The van der Waals surface area contributed by atoms with E-state index in [4.69, 9.17) is 9.47 Å². The monoisotopic (exact) mass is 311 g/mol. The van der Waals surface area contributed by atoms with Gasteiger partial charge < -0.3 is 9.47 Å². The number of nitrogens with zero attached hydrogens (tertiary/aromatic N) is 1. The highest BCUT2D eigenvalue weighted by molar-refractivity contribution is 5.22. The van der Waals surface area contributed by atoms with Gasteiger partial charge in [-0.3, -0.25) is 4.90 Å². The molecule has 2 aromatic rings. The molecule has 1 fully saturated rings. The lowest BCUT2D eigenvalue weighted by molar-refractivity contribution is -0.00458. The third-order valence-electron chi connectivity index (χ3n) is 4.45. The molecule has 0 aromatic heterocycles. The van der Waals surface area contributed by atoms with Crippen molar-refractivity contribution in [1.29, 1.82) is 0 Å². The smallest absolute Gasteiger partial charge is 0.0889 e. The molecule has 1 aliphatic rings. The van der Waals surface area contributed by atoms with Gasteiger partial charge in [0.05, 0.1) is 19.3 Å². The second-order valence-corrected chi connectivity index (χ2v) is 6.10. The van der Waals surface area contributed by atoms with Gasteiger partial charge in [0.2, 0.25) is 0 Å². The Balaban J connectivity index is 1.77. The number of hydrogen-bond donors (Lipinski definition) is 0. The molecule has 2 aromatic carbocycles. The van der Waals surface area contributed by atoms with Gasteiger partial charge >= 0.3 is 0 Å². The summed E-state index contributed by atoms with van der Waals surface area (Å²) in [5.74, 6) is 0.336. The van der Waals surface area contributed by atoms with Gasteiger partial charge in [-0.25, -0.2) is 0 Å². The molecule has 0 aliphatic carbocycles. The number of methoxy groups -OCH3 is 1. The second kappa shape index (κ2) is 8.25. The van der Waals surface area contributed by atoms with Gasteiger partial charge in [-0.15, -0.1) is 0 Å². The maximum Gasteiger partial charge on any atom is 0.0889 e. The predicted octanol–water partition coefficient (Wildman–Crippen LogP) is 3.32. The number of ether oxygens (including phenoxy) is 2. The van der Waals surface area contributed by atoms with Crippen LogP contribution in [0.15, 0.2) is 60.7 Å². The van der Waals surface area contributed by atoms with Crippen LogP contribution in [0.5, 0.6) is 0 Å². The standard InChI is InChI=1S/C20H25NO2/c1-22-16-20-19(18-10-6-3-7-11-18)15-21(12-13-23-20)14-17-8-4-2-5-9-17/h2-11,19-20H,12-16H2,1H3/t19?,20-/m1/s1. The highest BCUT2D eigenvalue weighted by Gasteiger charge is 2.29. The summed E-state index contributed by atoms with van der Waals surface area (Å²) in [5, 5.41) is 0. The third kappa shape index (κ3) is 4.41. The van der Waals surface area contributed by atoms with E-state index in [1.165, 1.54) is 11.1 Å². The molecule has 3 rings (SSSR count). The lowest BCUT2D eigenvalue weighted by Gasteiger charge is -2.28. The lowest BCUT2D eigenvalue weighted by atomic mass is 9.93. The number of hydrogen-bond acceptors (Lipinski definition) is 3. The van der Waals surface area contributed by atoms with Gasteiger partial charge in [0.15, 0.2) is 0 Å². The van der Waals surface area contributed by atoms with Crippen LogP contribution in [0.3, 0.4) is 0 Å². The van der Waals surface area contributed by atoms with Crippen LogP contribution in [-0.4, -0.2) is 44.4 Å². The summed E-state index contributed by atoms with van der Waals surface area (Å²) in [6.07, 6.45) is 0.114. The predicted molar refractivity (Wildman–Crippen MR) is 92.5 cm³/mol. The topological polar surface area (TPSA) is 21.7 Å². The van der Waals surface area contributed by atoms with E-state index in [-0.39, 0.29) is 6.10 Å². The molecule has 0 radical (unpaired) electrons. The Morgan fingerprint density at radius 3 is 2.43 bits per heavy atom. The molecule has 0 spiro atoms. The molecule has 122 valence electrons. The first-order chi connectivity index (χ1) is 11.4. The zero-order chi connectivity index (χ0) is 15.9. The van der Waals surface area contributed by atoms with Gasteiger partial charge in [0, 0.05) is 32.7 Å². The van der Waals surface area contributed by atoms with Crippen molar-refractivity contribution >= 4 is 0 Å². The van der Waals surface area contributed by atoms with Crippen LogP contribution >= 0.6 is 0 Å². The van der Waals surface area contributed by atoms with Crippen molar-refractivity contribution < 1.29 is 9.47 Å². The molecule has 0 amide bonds. The van der Waals surface area contributed by atoms with Crippen LogP contribution in [0.4, 0.5) is 0 Å². The fourth-order valence-corrected chi connectivity index (χ4v) is 3.27. The van der Waals surface area contributed by atoms with Gasteiger partial charge in [-0.05, 0) is 11.1 Å². The molecule has 2 atom stereocenters. The van der Waals surface area contributed by atoms with Crippen LogP contribution in [0.1, 0.15) is 17.0 Å². The Bertz CT molecular complexity index is 573. The maximum absolute atomic E-state index is 6.11. The largest absolute Gasteiger partial charge is 0.382 e. The van der Waals surface area contributed by atoms with E-state index in [2.05, 4.69) is 65.6 Å². The zero-order valence-electron chi connectivity index (χ0n) is 13.7. The summed E-state index contributed by atoms with van der Waals surface area (Å²) in [5.41, 5.74) is 2.68. The molecule has 0 bridgehead atoms. The molecular weight excluding hydrogens is 286 g/mol. The summed E-state index contributed by atoms with van der Waals surface area (Å²) in [6, 6.07) is 21.3. The number of rotatable bonds is 5. The minimum Gasteiger partial charge on any atom is -0.382 e. The van der Waals surface area contributed by atoms with E-state index in [0.29, 0.717) is 12.5 Å². The van der Waals surface area contributed by atoms with Crippen molar-refractivity contribution in [3.63, 3.8) is 0 Å². The summed E-state index contributed by atoms with van der Waals surface area (Å²) in [6.45, 7) is 4.31. The molecule has 3 nitrogen and oxygen atoms in total. The quantitative estimate of drug-likeness (QED) is 0.845. The minimum atomic E-state index is 0.114. The SMILES string of the molecule is COC[C@H]1OCCN(Cc2ccccc2)CC1c1ccccc1. The van der Waals surface area contributed by atoms with E-state index >= 15 is 0 Å². The van der Waals surface area contributed by atoms with E-state index in [9.17, 15) is 0 Å². The Kier molecular flexibility index (Phi) is 5.81. The first kappa shape index (κ1) is 16.2. The summed E-state index contributed by atoms with van der Waals surface area (Å²) in [4.78, 5) is 2.49. The van der Waals surface area contributed by atoms with Crippen molar-refractivity contribution in [3.05, 3.63) is 71.8 Å². The van der Waals surface area contributed by atoms with Gasteiger partial charge in [-0.2, -0.15) is 0 Å². The minimum absolute atomic E-state index is 0.114. The normalized spacial score (nSPS) is 22.7. The Labute approximate surface area is 138 Å². The molecule has 1 unspecified atom stereocenters. The molecular formula is C20H25NO2. The van der Waals surface area contributed by atoms with Gasteiger partial charge in [0.1, 0.15) is 0 Å². The first-order valence-electron chi connectivity index (χ1n) is 8.28. The highest BCUT2D eigenvalue weighted by Crippen LogP contribution is 2.26. The fraction of sp³-hybridized carbons (Fsp3) is 0.400. The third-order valence-corrected chi connectivity index (χ3v) is 4.45. The molecule has 0 saturated carbocycles. The number of benzene rings is 2. The van der Waals surface area contributed by atoms with Crippen molar-refractivity contribution in [1.82, 2.24) is 4.90 Å². The molecule has 1 saturated heterocycles. The fourth-order valence-electron chi connectivity index (χ4n) is 3.27. The summed E-state index contributed by atoms with van der Waals surface area (Å²) < 4.78 is 11.5. The van der Waals surface area contributed by atoms with Crippen molar-refractivity contribution in [3.8, 4) is 0 Å². The Morgan fingerprint density at radius 1 is 1.04 bits per heavy atom. The van der Waals surface area contributed by atoms with Crippen LogP contribution in [0.2, 0.25) is 0 Å². The zero-order valence-corrected chi connectivity index (χ0v) is 13.7. The molecule has 3 heteroatoms. The van der Waals surface area contributed by atoms with Crippen molar-refractivity contribution in [2.24, 2.45) is 0 Å². The van der Waals surface area contributed by atoms with E-state index in [1.54, 1.807) is 7.11 Å². The second-order valence-electron chi connectivity index (χ2n) is 6.10.